The number of benzene rings is 1. The zero-order valence-electron chi connectivity index (χ0n) is 16.5. The Bertz CT molecular complexity index is 759. The van der Waals surface area contributed by atoms with Crippen LogP contribution in [0.3, 0.4) is 0 Å². The molecule has 0 atom stereocenters. The van der Waals surface area contributed by atoms with Gasteiger partial charge in [0.05, 0.1) is 37.6 Å². The van der Waals surface area contributed by atoms with Gasteiger partial charge in [-0.15, -0.1) is 0 Å². The summed E-state index contributed by atoms with van der Waals surface area (Å²) in [6, 6.07) is 8.08. The lowest BCUT2D eigenvalue weighted by Crippen LogP contribution is -3.14. The predicted octanol–water partition coefficient (Wildman–Crippen LogP) is 2.06. The van der Waals surface area contributed by atoms with Gasteiger partial charge < -0.3 is 4.90 Å². The van der Waals surface area contributed by atoms with E-state index in [-0.39, 0.29) is 0 Å². The second-order valence-electron chi connectivity index (χ2n) is 9.73. The summed E-state index contributed by atoms with van der Waals surface area (Å²) in [6.07, 6.45) is 8.30. The smallest absolute Gasteiger partial charge is 0.243 e. The van der Waals surface area contributed by atoms with Gasteiger partial charge in [-0.2, -0.15) is 4.31 Å². The zero-order valence-corrected chi connectivity index (χ0v) is 17.3. The van der Waals surface area contributed by atoms with Gasteiger partial charge in [-0.25, -0.2) is 8.42 Å². The van der Waals surface area contributed by atoms with Crippen LogP contribution in [0, 0.1) is 17.8 Å². The highest BCUT2D eigenvalue weighted by Gasteiger charge is 2.51. The molecule has 1 aliphatic heterocycles. The first-order valence-corrected chi connectivity index (χ1v) is 12.4. The van der Waals surface area contributed by atoms with Crippen LogP contribution in [0.1, 0.15) is 51.0 Å². The van der Waals surface area contributed by atoms with Crippen molar-refractivity contribution in [3.05, 3.63) is 29.8 Å². The van der Waals surface area contributed by atoms with Gasteiger partial charge in [-0.05, 0) is 86.3 Å². The molecule has 1 aromatic rings. The normalized spacial score (nSPS) is 37.0. The van der Waals surface area contributed by atoms with Crippen molar-refractivity contribution in [2.24, 2.45) is 17.8 Å². The summed E-state index contributed by atoms with van der Waals surface area (Å²) in [6.45, 7) is 6.36. The lowest BCUT2D eigenvalue weighted by Gasteiger charge is -2.57. The number of quaternary nitrogens is 1. The fourth-order valence-electron chi connectivity index (χ4n) is 6.99. The second-order valence-corrected chi connectivity index (χ2v) is 11.7. The van der Waals surface area contributed by atoms with Gasteiger partial charge in [0.1, 0.15) is 0 Å². The highest BCUT2D eigenvalue weighted by molar-refractivity contribution is 7.89. The number of hydrogen-bond donors (Lipinski definition) is 1. The molecule has 4 saturated carbocycles. The van der Waals surface area contributed by atoms with Crippen molar-refractivity contribution < 1.29 is 13.3 Å². The highest BCUT2D eigenvalue weighted by atomic mass is 32.2. The van der Waals surface area contributed by atoms with E-state index in [1.54, 1.807) is 4.31 Å². The molecule has 6 rings (SSSR count). The molecule has 27 heavy (non-hydrogen) atoms. The van der Waals surface area contributed by atoms with Crippen LogP contribution < -0.4 is 4.90 Å². The molecule has 1 N–H and O–H groups in total. The fraction of sp³-hybridized carbons (Fsp3) is 0.727. The minimum Gasteiger partial charge on any atom is -0.333 e. The zero-order chi connectivity index (χ0) is 18.6. The van der Waals surface area contributed by atoms with Gasteiger partial charge in [0, 0.05) is 0 Å². The molecular formula is C22H33N2O2S+. The largest absolute Gasteiger partial charge is 0.333 e. The maximum Gasteiger partial charge on any atom is 0.243 e. The Morgan fingerprint density at radius 1 is 0.963 bits per heavy atom. The lowest BCUT2D eigenvalue weighted by molar-refractivity contribution is -0.901. The number of rotatable bonds is 4. The Kier molecular flexibility index (Phi) is 4.41. The van der Waals surface area contributed by atoms with Crippen molar-refractivity contribution in [1.82, 2.24) is 4.31 Å². The molecule has 4 nitrogen and oxygen atoms in total. The fourth-order valence-corrected chi connectivity index (χ4v) is 8.43. The summed E-state index contributed by atoms with van der Waals surface area (Å²) in [5, 5.41) is 0. The van der Waals surface area contributed by atoms with E-state index < -0.39 is 10.0 Å². The van der Waals surface area contributed by atoms with E-state index in [1.165, 1.54) is 49.0 Å². The SMILES string of the molecule is CC[NH+]1CCN(S(=O)(=O)c2ccc(C34CC5CC(CC(C5)C3)C4)cc2)CC1. The van der Waals surface area contributed by atoms with Gasteiger partial charge in [0.15, 0.2) is 0 Å². The van der Waals surface area contributed by atoms with E-state index in [9.17, 15) is 8.42 Å². The molecule has 0 aromatic heterocycles. The van der Waals surface area contributed by atoms with Crippen LogP contribution >= 0.6 is 0 Å². The monoisotopic (exact) mass is 389 g/mol. The number of piperazine rings is 1. The molecule has 0 amide bonds. The number of nitrogens with zero attached hydrogens (tertiary/aromatic N) is 1. The minimum atomic E-state index is -3.35. The number of likely N-dealkylation sites (N-methyl/N-ethyl adjacent to an activating group) is 1. The summed E-state index contributed by atoms with van der Waals surface area (Å²) < 4.78 is 27.8. The molecule has 4 bridgehead atoms. The molecule has 1 heterocycles. The molecule has 5 aliphatic rings. The summed E-state index contributed by atoms with van der Waals surface area (Å²) in [5.74, 6) is 2.74. The minimum absolute atomic E-state index is 0.340. The van der Waals surface area contributed by atoms with Crippen LogP contribution in [0.5, 0.6) is 0 Å². The first kappa shape index (κ1) is 18.1. The lowest BCUT2D eigenvalue weighted by atomic mass is 9.48. The van der Waals surface area contributed by atoms with Crippen LogP contribution in [0.2, 0.25) is 0 Å². The van der Waals surface area contributed by atoms with E-state index in [2.05, 4.69) is 19.1 Å². The van der Waals surface area contributed by atoms with Gasteiger partial charge in [0.2, 0.25) is 10.0 Å². The Morgan fingerprint density at radius 2 is 1.48 bits per heavy atom. The Balaban J connectivity index is 1.36. The Hall–Kier alpha value is -0.910. The van der Waals surface area contributed by atoms with Crippen LogP contribution in [0.4, 0.5) is 0 Å². The average Bonchev–Trinajstić information content (AvgIpc) is 2.67. The van der Waals surface area contributed by atoms with Gasteiger partial charge in [0.25, 0.3) is 0 Å². The van der Waals surface area contributed by atoms with E-state index >= 15 is 0 Å². The third kappa shape index (κ3) is 3.06. The number of nitrogens with one attached hydrogen (secondary N) is 1. The molecule has 5 heteroatoms. The summed E-state index contributed by atoms with van der Waals surface area (Å²) in [5.41, 5.74) is 1.74. The van der Waals surface area contributed by atoms with Crippen molar-refractivity contribution in [3.63, 3.8) is 0 Å². The van der Waals surface area contributed by atoms with Crippen LogP contribution in [-0.4, -0.2) is 45.4 Å². The molecule has 0 unspecified atom stereocenters. The second kappa shape index (κ2) is 6.57. The van der Waals surface area contributed by atoms with E-state index in [1.807, 2.05) is 12.1 Å². The molecule has 5 fully saturated rings. The van der Waals surface area contributed by atoms with Crippen LogP contribution in [0.15, 0.2) is 29.2 Å². The standard InChI is InChI=1S/C22H32N2O2S/c1-2-23-7-9-24(10-8-23)27(25,26)21-5-3-20(4-6-21)22-14-17-11-18(15-22)13-19(12-17)16-22/h3-6,17-19H,2,7-16H2,1H3/p+1. The predicted molar refractivity (Wildman–Crippen MR) is 106 cm³/mol. The molecule has 0 spiro atoms. The van der Waals surface area contributed by atoms with E-state index in [0.717, 1.165) is 37.4 Å². The molecule has 1 aromatic carbocycles. The summed E-state index contributed by atoms with van der Waals surface area (Å²) >= 11 is 0. The van der Waals surface area contributed by atoms with E-state index in [4.69, 9.17) is 0 Å². The first-order valence-electron chi connectivity index (χ1n) is 10.9. The van der Waals surface area contributed by atoms with Gasteiger partial charge >= 0.3 is 0 Å². The Labute approximate surface area is 164 Å². The van der Waals surface area contributed by atoms with E-state index in [0.29, 0.717) is 23.4 Å². The van der Waals surface area contributed by atoms with Crippen LogP contribution in [0.25, 0.3) is 0 Å². The molecular weight excluding hydrogens is 356 g/mol. The van der Waals surface area contributed by atoms with Crippen molar-refractivity contribution in [1.29, 1.82) is 0 Å². The topological polar surface area (TPSA) is 41.8 Å². The maximum absolute atomic E-state index is 13.1. The van der Waals surface area contributed by atoms with Crippen molar-refractivity contribution in [2.45, 2.75) is 55.8 Å². The summed E-state index contributed by atoms with van der Waals surface area (Å²) in [7, 11) is -3.35. The highest BCUT2D eigenvalue weighted by Crippen LogP contribution is 2.60. The molecule has 148 valence electrons. The molecule has 0 radical (unpaired) electrons. The van der Waals surface area contributed by atoms with Crippen molar-refractivity contribution in [3.8, 4) is 0 Å². The summed E-state index contributed by atoms with van der Waals surface area (Å²) in [4.78, 5) is 1.98. The van der Waals surface area contributed by atoms with Gasteiger partial charge in [-0.3, -0.25) is 0 Å². The third-order valence-corrected chi connectivity index (χ3v) is 9.99. The third-order valence-electron chi connectivity index (χ3n) is 8.07. The molecule has 1 saturated heterocycles. The van der Waals surface area contributed by atoms with Crippen molar-refractivity contribution in [2.75, 3.05) is 32.7 Å². The van der Waals surface area contributed by atoms with Crippen LogP contribution in [-0.2, 0) is 15.4 Å². The van der Waals surface area contributed by atoms with Crippen molar-refractivity contribution >= 4 is 10.0 Å². The molecule has 4 aliphatic carbocycles. The maximum atomic E-state index is 13.1. The quantitative estimate of drug-likeness (QED) is 0.857. The van der Waals surface area contributed by atoms with Gasteiger partial charge in [-0.1, -0.05) is 12.1 Å². The first-order chi connectivity index (χ1) is 13.0. The average molecular weight is 390 g/mol. The number of hydrogen-bond acceptors (Lipinski definition) is 2. The number of sulfonamides is 1. The Morgan fingerprint density at radius 3 is 1.96 bits per heavy atom.